The Morgan fingerprint density at radius 3 is 2.72 bits per heavy atom. The zero-order valence-corrected chi connectivity index (χ0v) is 14.4. The van der Waals surface area contributed by atoms with Crippen LogP contribution in [0.4, 0.5) is 11.5 Å². The van der Waals surface area contributed by atoms with Crippen LogP contribution in [0.3, 0.4) is 0 Å². The molecule has 1 aromatic carbocycles. The Kier molecular flexibility index (Phi) is 5.42. The predicted molar refractivity (Wildman–Crippen MR) is 98.0 cm³/mol. The van der Waals surface area contributed by atoms with Gasteiger partial charge in [0, 0.05) is 17.3 Å². The largest absolute Gasteiger partial charge is 0.364 e. The van der Waals surface area contributed by atoms with Crippen LogP contribution in [0.1, 0.15) is 16.2 Å². The second-order valence-electron chi connectivity index (χ2n) is 5.04. The minimum absolute atomic E-state index is 0.203. The fraction of sp³-hybridized carbons (Fsp3) is 0.0588. The van der Waals surface area contributed by atoms with E-state index in [4.69, 9.17) is 23.2 Å². The van der Waals surface area contributed by atoms with Gasteiger partial charge in [0.25, 0.3) is 5.91 Å². The molecule has 8 heteroatoms. The number of carbonyl (C=O) groups excluding carboxylic acids is 1. The maximum atomic E-state index is 12.4. The van der Waals surface area contributed by atoms with E-state index in [9.17, 15) is 4.79 Å². The highest BCUT2D eigenvalue weighted by Gasteiger charge is 2.11. The van der Waals surface area contributed by atoms with Gasteiger partial charge in [-0.15, -0.1) is 0 Å². The molecule has 1 amide bonds. The Hall–Kier alpha value is -2.70. The summed E-state index contributed by atoms with van der Waals surface area (Å²) in [6.07, 6.45) is 3.03. The van der Waals surface area contributed by atoms with E-state index in [0.717, 1.165) is 5.69 Å². The normalized spacial score (nSPS) is 10.3. The summed E-state index contributed by atoms with van der Waals surface area (Å²) < 4.78 is 0. The number of amides is 1. The lowest BCUT2D eigenvalue weighted by molar-refractivity contribution is 0.102. The van der Waals surface area contributed by atoms with Gasteiger partial charge in [0.05, 0.1) is 22.9 Å². The number of pyridine rings is 1. The van der Waals surface area contributed by atoms with Crippen LogP contribution in [0.15, 0.2) is 55.0 Å². The summed E-state index contributed by atoms with van der Waals surface area (Å²) in [5.74, 6) is 0.107. The lowest BCUT2D eigenvalue weighted by Gasteiger charge is -2.09. The molecular formula is C17H13Cl2N5O. The number of nitrogens with zero attached hydrogens (tertiary/aromatic N) is 3. The summed E-state index contributed by atoms with van der Waals surface area (Å²) in [5, 5.41) is 6.64. The smallest absolute Gasteiger partial charge is 0.274 e. The molecule has 6 nitrogen and oxygen atoms in total. The fourth-order valence-electron chi connectivity index (χ4n) is 2.04. The summed E-state index contributed by atoms with van der Waals surface area (Å²) in [6.45, 7) is 0.485. The molecular weight excluding hydrogens is 361 g/mol. The van der Waals surface area contributed by atoms with Gasteiger partial charge in [-0.25, -0.2) is 9.97 Å². The highest BCUT2D eigenvalue weighted by atomic mass is 35.5. The summed E-state index contributed by atoms with van der Waals surface area (Å²) in [4.78, 5) is 24.7. The second-order valence-corrected chi connectivity index (χ2v) is 5.89. The van der Waals surface area contributed by atoms with Gasteiger partial charge >= 0.3 is 0 Å². The van der Waals surface area contributed by atoms with E-state index in [1.807, 2.05) is 18.2 Å². The van der Waals surface area contributed by atoms with Gasteiger partial charge in [0.2, 0.25) is 0 Å². The number of hydrogen-bond acceptors (Lipinski definition) is 5. The van der Waals surface area contributed by atoms with Crippen molar-refractivity contribution in [2.75, 3.05) is 10.6 Å². The maximum absolute atomic E-state index is 12.4. The van der Waals surface area contributed by atoms with Crippen LogP contribution in [0.5, 0.6) is 0 Å². The number of nitrogens with one attached hydrogen (secondary N) is 2. The third-order valence-electron chi connectivity index (χ3n) is 3.25. The van der Waals surface area contributed by atoms with Gasteiger partial charge in [0.1, 0.15) is 17.8 Å². The molecule has 3 rings (SSSR count). The molecule has 3 aromatic rings. The third-order valence-corrected chi connectivity index (χ3v) is 3.82. The third kappa shape index (κ3) is 4.65. The number of hydrogen-bond donors (Lipinski definition) is 2. The fourth-order valence-corrected chi connectivity index (χ4v) is 2.38. The van der Waals surface area contributed by atoms with Crippen molar-refractivity contribution in [3.8, 4) is 0 Å². The van der Waals surface area contributed by atoms with Gasteiger partial charge < -0.3 is 10.6 Å². The Morgan fingerprint density at radius 1 is 1.04 bits per heavy atom. The molecule has 126 valence electrons. The minimum atomic E-state index is -0.410. The SMILES string of the molecule is O=C(Nc1cc(Cl)ccc1Cl)c1cc(NCc2ccccn2)ncn1. The Labute approximate surface area is 154 Å². The van der Waals surface area contributed by atoms with E-state index in [0.29, 0.717) is 28.1 Å². The van der Waals surface area contributed by atoms with Gasteiger partial charge in [-0.2, -0.15) is 0 Å². The summed E-state index contributed by atoms with van der Waals surface area (Å²) in [5.41, 5.74) is 1.48. The molecule has 2 aromatic heterocycles. The zero-order chi connectivity index (χ0) is 17.6. The first-order chi connectivity index (χ1) is 12.1. The number of benzene rings is 1. The molecule has 0 bridgehead atoms. The van der Waals surface area contributed by atoms with Crippen molar-refractivity contribution >= 4 is 40.6 Å². The van der Waals surface area contributed by atoms with E-state index >= 15 is 0 Å². The van der Waals surface area contributed by atoms with E-state index in [-0.39, 0.29) is 5.69 Å². The van der Waals surface area contributed by atoms with Crippen molar-refractivity contribution in [2.45, 2.75) is 6.54 Å². The lowest BCUT2D eigenvalue weighted by atomic mass is 10.3. The van der Waals surface area contributed by atoms with Crippen molar-refractivity contribution in [3.63, 3.8) is 0 Å². The van der Waals surface area contributed by atoms with E-state index in [2.05, 4.69) is 25.6 Å². The molecule has 0 aliphatic carbocycles. The van der Waals surface area contributed by atoms with Crippen LogP contribution in [0.2, 0.25) is 10.0 Å². The van der Waals surface area contributed by atoms with E-state index in [1.54, 1.807) is 30.5 Å². The van der Waals surface area contributed by atoms with Crippen molar-refractivity contribution in [2.24, 2.45) is 0 Å². The molecule has 0 unspecified atom stereocenters. The summed E-state index contributed by atoms with van der Waals surface area (Å²) in [7, 11) is 0. The van der Waals surface area contributed by atoms with E-state index in [1.165, 1.54) is 6.33 Å². The minimum Gasteiger partial charge on any atom is -0.364 e. The highest BCUT2D eigenvalue weighted by molar-refractivity contribution is 6.35. The Morgan fingerprint density at radius 2 is 1.92 bits per heavy atom. The van der Waals surface area contributed by atoms with Crippen LogP contribution in [0, 0.1) is 0 Å². The van der Waals surface area contributed by atoms with Crippen LogP contribution < -0.4 is 10.6 Å². The van der Waals surface area contributed by atoms with Crippen molar-refractivity contribution < 1.29 is 4.79 Å². The summed E-state index contributed by atoms with van der Waals surface area (Å²) >= 11 is 12.0. The average molecular weight is 374 g/mol. The molecule has 2 N–H and O–H groups in total. The molecule has 0 radical (unpaired) electrons. The Balaban J connectivity index is 1.70. The molecule has 0 spiro atoms. The molecule has 0 aliphatic heterocycles. The average Bonchev–Trinajstić information content (AvgIpc) is 2.64. The van der Waals surface area contributed by atoms with Gasteiger partial charge in [-0.1, -0.05) is 29.3 Å². The molecule has 2 heterocycles. The molecule has 0 saturated heterocycles. The van der Waals surface area contributed by atoms with Gasteiger partial charge in [-0.3, -0.25) is 9.78 Å². The number of halogens is 2. The van der Waals surface area contributed by atoms with Gasteiger partial charge in [0.15, 0.2) is 0 Å². The number of aromatic nitrogens is 3. The topological polar surface area (TPSA) is 79.8 Å². The predicted octanol–water partition coefficient (Wildman–Crippen LogP) is 4.04. The molecule has 0 saturated carbocycles. The van der Waals surface area contributed by atoms with Crippen LogP contribution in [-0.4, -0.2) is 20.9 Å². The first kappa shape index (κ1) is 17.1. The van der Waals surface area contributed by atoms with Crippen LogP contribution >= 0.6 is 23.2 Å². The van der Waals surface area contributed by atoms with Crippen molar-refractivity contribution in [3.05, 3.63) is 76.4 Å². The molecule has 0 aliphatic rings. The first-order valence-corrected chi connectivity index (χ1v) is 8.09. The molecule has 25 heavy (non-hydrogen) atoms. The number of carbonyl (C=O) groups is 1. The number of rotatable bonds is 5. The lowest BCUT2D eigenvalue weighted by Crippen LogP contribution is -2.15. The maximum Gasteiger partial charge on any atom is 0.274 e. The van der Waals surface area contributed by atoms with Gasteiger partial charge in [-0.05, 0) is 30.3 Å². The van der Waals surface area contributed by atoms with Crippen LogP contribution in [-0.2, 0) is 6.54 Å². The molecule has 0 fully saturated rings. The second kappa shape index (κ2) is 7.92. The van der Waals surface area contributed by atoms with Crippen molar-refractivity contribution in [1.82, 2.24) is 15.0 Å². The van der Waals surface area contributed by atoms with Crippen molar-refractivity contribution in [1.29, 1.82) is 0 Å². The first-order valence-electron chi connectivity index (χ1n) is 7.34. The van der Waals surface area contributed by atoms with Crippen LogP contribution in [0.25, 0.3) is 0 Å². The zero-order valence-electron chi connectivity index (χ0n) is 12.9. The monoisotopic (exact) mass is 373 g/mol. The quantitative estimate of drug-likeness (QED) is 0.705. The number of anilines is 2. The van der Waals surface area contributed by atoms with E-state index < -0.39 is 5.91 Å². The Bertz CT molecular complexity index is 889. The molecule has 0 atom stereocenters. The standard InChI is InChI=1S/C17H13Cl2N5O/c18-11-4-5-13(19)14(7-11)24-17(25)15-8-16(23-10-22-15)21-9-12-3-1-2-6-20-12/h1-8,10H,9H2,(H,24,25)(H,21,22,23). The highest BCUT2D eigenvalue weighted by Crippen LogP contribution is 2.25. The summed E-state index contributed by atoms with van der Waals surface area (Å²) in [6, 6.07) is 12.0.